The summed E-state index contributed by atoms with van der Waals surface area (Å²) in [5, 5.41) is 14.0. The summed E-state index contributed by atoms with van der Waals surface area (Å²) < 4.78 is 8.72. The zero-order chi connectivity index (χ0) is 23.5. The van der Waals surface area contributed by atoms with Gasteiger partial charge in [-0.15, -0.1) is 0 Å². The first kappa shape index (κ1) is 19.7. The molecule has 166 valence electrons. The van der Waals surface area contributed by atoms with E-state index in [1.165, 1.54) is 5.39 Å². The molecule has 35 heavy (non-hydrogen) atoms. The van der Waals surface area contributed by atoms with Crippen LogP contribution < -0.4 is 0 Å². The van der Waals surface area contributed by atoms with E-state index in [0.29, 0.717) is 5.57 Å². The largest absolute Gasteiger partial charge is 0.455 e. The van der Waals surface area contributed by atoms with Crippen molar-refractivity contribution in [3.63, 3.8) is 0 Å². The molecule has 0 aliphatic carbocycles. The second-order valence-corrected chi connectivity index (χ2v) is 9.02. The summed E-state index contributed by atoms with van der Waals surface area (Å²) in [5.74, 6) is 0. The van der Waals surface area contributed by atoms with Crippen molar-refractivity contribution in [2.24, 2.45) is 0 Å². The number of para-hydroxylation sites is 2. The average Bonchev–Trinajstić information content (AvgIpc) is 3.45. The van der Waals surface area contributed by atoms with Crippen LogP contribution in [-0.2, 0) is 0 Å². The zero-order valence-corrected chi connectivity index (χ0v) is 19.2. The van der Waals surface area contributed by atoms with E-state index in [9.17, 15) is 5.26 Å². The van der Waals surface area contributed by atoms with E-state index < -0.39 is 0 Å². The molecule has 1 aliphatic rings. The molecule has 4 aromatic carbocycles. The van der Waals surface area contributed by atoms with Crippen molar-refractivity contribution in [2.75, 3.05) is 13.6 Å². The Hall–Kier alpha value is -4.75. The van der Waals surface area contributed by atoms with Gasteiger partial charge >= 0.3 is 0 Å². The highest BCUT2D eigenvalue weighted by molar-refractivity contribution is 6.23. The molecule has 0 fully saturated rings. The highest BCUT2D eigenvalue weighted by Gasteiger charge is 2.19. The summed E-state index contributed by atoms with van der Waals surface area (Å²) in [4.78, 5) is 2.17. The molecule has 0 atom stereocenters. The third-order valence-corrected chi connectivity index (χ3v) is 7.00. The molecule has 0 saturated heterocycles. The predicted octanol–water partition coefficient (Wildman–Crippen LogP) is 7.42. The van der Waals surface area contributed by atoms with Gasteiger partial charge in [0.05, 0.1) is 28.1 Å². The van der Waals surface area contributed by atoms with Crippen LogP contribution in [0.3, 0.4) is 0 Å². The van der Waals surface area contributed by atoms with Gasteiger partial charge in [-0.1, -0.05) is 48.5 Å². The van der Waals surface area contributed by atoms with Crippen LogP contribution in [0, 0.1) is 11.3 Å². The van der Waals surface area contributed by atoms with Gasteiger partial charge < -0.3 is 13.9 Å². The molecule has 3 heterocycles. The summed E-state index contributed by atoms with van der Waals surface area (Å²) in [5.41, 5.74) is 7.98. The molecule has 1 aliphatic heterocycles. The molecule has 0 bridgehead atoms. The van der Waals surface area contributed by atoms with Crippen molar-refractivity contribution in [1.82, 2.24) is 9.47 Å². The normalized spacial score (nSPS) is 14.0. The van der Waals surface area contributed by atoms with E-state index >= 15 is 0 Å². The van der Waals surface area contributed by atoms with E-state index in [1.807, 2.05) is 24.3 Å². The summed E-state index contributed by atoms with van der Waals surface area (Å²) in [7, 11) is 2.06. The molecule has 0 saturated carbocycles. The van der Waals surface area contributed by atoms with Crippen LogP contribution in [0.5, 0.6) is 0 Å². The Kier molecular flexibility index (Phi) is 4.15. The minimum Gasteiger partial charge on any atom is -0.455 e. The monoisotopic (exact) mass is 451 g/mol. The summed E-state index contributed by atoms with van der Waals surface area (Å²) >= 11 is 0. The Morgan fingerprint density at radius 2 is 1.66 bits per heavy atom. The maximum Gasteiger partial charge on any atom is 0.145 e. The number of likely N-dealkylation sites (N-methyl/N-ethyl adjacent to an activating group) is 1. The van der Waals surface area contributed by atoms with E-state index in [2.05, 4.69) is 95.4 Å². The Morgan fingerprint density at radius 3 is 2.54 bits per heavy atom. The summed E-state index contributed by atoms with van der Waals surface area (Å²) in [6.07, 6.45) is 3.92. The van der Waals surface area contributed by atoms with Crippen LogP contribution in [0.2, 0.25) is 0 Å². The SMILES string of the molecule is CN1CC=C(C#N)C=C1c1cccc(-n2c3ccccc3c3c4oc5ccccc5c4ccc32)c1. The fraction of sp³-hybridized carbons (Fsp3) is 0.0645. The standard InChI is InChI=1S/C31H21N3O/c1-33-16-15-20(19-32)17-28(33)21-7-6-8-22(18-21)34-26-11-4-2-10-25(26)30-27(34)14-13-24-23-9-3-5-12-29(23)35-31(24)30/h2-15,17-18H,16H2,1H3. The molecule has 0 amide bonds. The van der Waals surface area contributed by atoms with Gasteiger partial charge in [0.25, 0.3) is 0 Å². The van der Waals surface area contributed by atoms with Crippen molar-refractivity contribution in [1.29, 1.82) is 5.26 Å². The van der Waals surface area contributed by atoms with E-state index in [4.69, 9.17) is 4.42 Å². The average molecular weight is 452 g/mol. The molecular weight excluding hydrogens is 430 g/mol. The number of rotatable bonds is 2. The predicted molar refractivity (Wildman–Crippen MR) is 142 cm³/mol. The minimum atomic E-state index is 0.702. The first-order valence-corrected chi connectivity index (χ1v) is 11.7. The molecule has 0 unspecified atom stereocenters. The first-order valence-electron chi connectivity index (χ1n) is 11.7. The maximum absolute atomic E-state index is 9.43. The number of hydrogen-bond donors (Lipinski definition) is 0. The van der Waals surface area contributed by atoms with Gasteiger partial charge in [0, 0.05) is 41.1 Å². The summed E-state index contributed by atoms with van der Waals surface area (Å²) in [6.45, 7) is 0.721. The van der Waals surface area contributed by atoms with Crippen LogP contribution in [0.25, 0.3) is 55.1 Å². The molecule has 0 N–H and O–H groups in total. The molecule has 0 radical (unpaired) electrons. The number of allylic oxidation sites excluding steroid dienone is 2. The lowest BCUT2D eigenvalue weighted by molar-refractivity contribution is 0.530. The van der Waals surface area contributed by atoms with Gasteiger partial charge in [-0.25, -0.2) is 0 Å². The number of hydrogen-bond acceptors (Lipinski definition) is 3. The second kappa shape index (κ2) is 7.38. The Labute approximate surface area is 202 Å². The van der Waals surface area contributed by atoms with E-state index in [0.717, 1.165) is 61.9 Å². The van der Waals surface area contributed by atoms with Gasteiger partial charge in [0.1, 0.15) is 11.2 Å². The number of benzene rings is 4. The van der Waals surface area contributed by atoms with Crippen LogP contribution >= 0.6 is 0 Å². The van der Waals surface area contributed by atoms with E-state index in [1.54, 1.807) is 0 Å². The van der Waals surface area contributed by atoms with Crippen LogP contribution in [0.15, 0.2) is 107 Å². The quantitative estimate of drug-likeness (QED) is 0.275. The zero-order valence-electron chi connectivity index (χ0n) is 19.2. The fourth-order valence-electron chi connectivity index (χ4n) is 5.35. The number of nitrogens with zero attached hydrogens (tertiary/aromatic N) is 3. The minimum absolute atomic E-state index is 0.702. The van der Waals surface area contributed by atoms with Gasteiger partial charge in [0.2, 0.25) is 0 Å². The third kappa shape index (κ3) is 2.85. The van der Waals surface area contributed by atoms with Crippen LogP contribution in [0.1, 0.15) is 5.56 Å². The Morgan fingerprint density at radius 1 is 0.829 bits per heavy atom. The van der Waals surface area contributed by atoms with Crippen molar-refractivity contribution in [3.05, 3.63) is 108 Å². The molecule has 2 aromatic heterocycles. The number of fused-ring (bicyclic) bond motifs is 7. The fourth-order valence-corrected chi connectivity index (χ4v) is 5.35. The maximum atomic E-state index is 9.43. The van der Waals surface area contributed by atoms with Gasteiger partial charge in [-0.3, -0.25) is 0 Å². The van der Waals surface area contributed by atoms with E-state index in [-0.39, 0.29) is 0 Å². The van der Waals surface area contributed by atoms with Crippen LogP contribution in [0.4, 0.5) is 0 Å². The van der Waals surface area contributed by atoms with Crippen molar-refractivity contribution < 1.29 is 4.42 Å². The molecule has 7 rings (SSSR count). The molecule has 0 spiro atoms. The highest BCUT2D eigenvalue weighted by Crippen LogP contribution is 2.40. The molecule has 6 aromatic rings. The number of nitriles is 1. The first-order chi connectivity index (χ1) is 17.2. The molecule has 4 nitrogen and oxygen atoms in total. The highest BCUT2D eigenvalue weighted by atomic mass is 16.3. The Balaban J connectivity index is 1.52. The molecular formula is C31H21N3O. The van der Waals surface area contributed by atoms with Gasteiger partial charge in [-0.2, -0.15) is 5.26 Å². The van der Waals surface area contributed by atoms with Crippen molar-refractivity contribution in [3.8, 4) is 11.8 Å². The summed E-state index contributed by atoms with van der Waals surface area (Å²) in [6, 6.07) is 31.9. The molecule has 4 heteroatoms. The van der Waals surface area contributed by atoms with Gasteiger partial charge in [-0.05, 0) is 54.1 Å². The lowest BCUT2D eigenvalue weighted by atomic mass is 10.0. The number of furan rings is 1. The smallest absolute Gasteiger partial charge is 0.145 e. The van der Waals surface area contributed by atoms with Crippen molar-refractivity contribution >= 4 is 49.4 Å². The third-order valence-electron chi connectivity index (χ3n) is 7.00. The lowest BCUT2D eigenvalue weighted by Gasteiger charge is -2.25. The number of aromatic nitrogens is 1. The second-order valence-electron chi connectivity index (χ2n) is 9.02. The lowest BCUT2D eigenvalue weighted by Crippen LogP contribution is -2.20. The topological polar surface area (TPSA) is 45.1 Å². The van der Waals surface area contributed by atoms with Crippen LogP contribution in [-0.4, -0.2) is 23.1 Å². The van der Waals surface area contributed by atoms with Crippen molar-refractivity contribution in [2.45, 2.75) is 0 Å². The Bertz CT molecular complexity index is 1910. The van der Waals surface area contributed by atoms with Gasteiger partial charge in [0.15, 0.2) is 0 Å².